The average Bonchev–Trinajstić information content (AvgIpc) is 1.84. The molecule has 0 aromatic carbocycles. The Hall–Kier alpha value is -0.830. The van der Waals surface area contributed by atoms with E-state index in [1.54, 1.807) is 6.08 Å². The first-order chi connectivity index (χ1) is 5.39. The quantitative estimate of drug-likeness (QED) is 0.626. The molecule has 0 radical (unpaired) electrons. The van der Waals surface area contributed by atoms with Gasteiger partial charge in [-0.05, 0) is 5.41 Å². The standard InChI is InChI=1S/C9H17NO2/c1-5-6-10-7(8(11)12)9(2,3)4/h5,7,10H,1,6H2,2-4H3,(H,11,12). The maximum Gasteiger partial charge on any atom is 0.321 e. The van der Waals surface area contributed by atoms with Crippen LogP contribution in [0.2, 0.25) is 0 Å². The van der Waals surface area contributed by atoms with Crippen molar-refractivity contribution < 1.29 is 9.90 Å². The first-order valence-corrected chi connectivity index (χ1v) is 3.96. The van der Waals surface area contributed by atoms with Crippen molar-refractivity contribution in [2.45, 2.75) is 26.8 Å². The molecule has 0 saturated carbocycles. The molecule has 3 heteroatoms. The highest BCUT2D eigenvalue weighted by molar-refractivity contribution is 5.74. The fraction of sp³-hybridized carbons (Fsp3) is 0.667. The van der Waals surface area contributed by atoms with Crippen LogP contribution < -0.4 is 5.32 Å². The fourth-order valence-electron chi connectivity index (χ4n) is 0.965. The molecule has 0 fully saturated rings. The van der Waals surface area contributed by atoms with Crippen molar-refractivity contribution >= 4 is 5.97 Å². The van der Waals surface area contributed by atoms with Crippen LogP contribution in [0.4, 0.5) is 0 Å². The minimum atomic E-state index is -0.815. The van der Waals surface area contributed by atoms with Gasteiger partial charge in [0, 0.05) is 6.54 Å². The number of carbonyl (C=O) groups is 1. The predicted molar refractivity (Wildman–Crippen MR) is 49.1 cm³/mol. The van der Waals surface area contributed by atoms with Crippen molar-refractivity contribution in [2.75, 3.05) is 6.54 Å². The summed E-state index contributed by atoms with van der Waals surface area (Å²) in [5.41, 5.74) is -0.269. The summed E-state index contributed by atoms with van der Waals surface area (Å²) >= 11 is 0. The van der Waals surface area contributed by atoms with Crippen molar-refractivity contribution in [1.29, 1.82) is 0 Å². The van der Waals surface area contributed by atoms with Crippen LogP contribution in [0.25, 0.3) is 0 Å². The van der Waals surface area contributed by atoms with E-state index in [9.17, 15) is 4.79 Å². The van der Waals surface area contributed by atoms with Crippen LogP contribution in [0.1, 0.15) is 20.8 Å². The van der Waals surface area contributed by atoms with E-state index in [1.807, 2.05) is 20.8 Å². The Morgan fingerprint density at radius 2 is 2.17 bits per heavy atom. The Labute approximate surface area is 73.5 Å². The van der Waals surface area contributed by atoms with Gasteiger partial charge in [0.25, 0.3) is 0 Å². The smallest absolute Gasteiger partial charge is 0.321 e. The van der Waals surface area contributed by atoms with Gasteiger partial charge in [-0.25, -0.2) is 0 Å². The van der Waals surface area contributed by atoms with Crippen LogP contribution in [-0.2, 0) is 4.79 Å². The van der Waals surface area contributed by atoms with E-state index >= 15 is 0 Å². The lowest BCUT2D eigenvalue weighted by Gasteiger charge is -2.27. The number of hydrogen-bond acceptors (Lipinski definition) is 2. The van der Waals surface area contributed by atoms with Gasteiger partial charge < -0.3 is 10.4 Å². The van der Waals surface area contributed by atoms with Crippen LogP contribution in [-0.4, -0.2) is 23.7 Å². The Kier molecular flexibility index (Phi) is 3.96. The topological polar surface area (TPSA) is 49.3 Å². The zero-order valence-electron chi connectivity index (χ0n) is 7.92. The maximum absolute atomic E-state index is 10.8. The summed E-state index contributed by atoms with van der Waals surface area (Å²) < 4.78 is 0. The minimum absolute atomic E-state index is 0.269. The van der Waals surface area contributed by atoms with Gasteiger partial charge in [0.2, 0.25) is 0 Å². The third-order valence-electron chi connectivity index (χ3n) is 1.58. The van der Waals surface area contributed by atoms with Crippen molar-refractivity contribution in [1.82, 2.24) is 5.32 Å². The Morgan fingerprint density at radius 3 is 2.42 bits per heavy atom. The van der Waals surface area contributed by atoms with Crippen LogP contribution in [0.5, 0.6) is 0 Å². The molecular weight excluding hydrogens is 154 g/mol. The molecular formula is C9H17NO2. The zero-order valence-corrected chi connectivity index (χ0v) is 7.92. The lowest BCUT2D eigenvalue weighted by atomic mass is 9.87. The molecule has 70 valence electrons. The molecule has 0 spiro atoms. The lowest BCUT2D eigenvalue weighted by molar-refractivity contribution is -0.142. The molecule has 3 nitrogen and oxygen atoms in total. The average molecular weight is 171 g/mol. The number of rotatable bonds is 4. The zero-order chi connectivity index (χ0) is 9.78. The SMILES string of the molecule is C=CCNC(C(=O)O)C(C)(C)C. The van der Waals surface area contributed by atoms with E-state index in [1.165, 1.54) is 0 Å². The molecule has 0 saturated heterocycles. The molecule has 0 aliphatic heterocycles. The molecule has 0 rings (SSSR count). The Morgan fingerprint density at radius 1 is 1.67 bits per heavy atom. The van der Waals surface area contributed by atoms with Crippen molar-refractivity contribution in [2.24, 2.45) is 5.41 Å². The van der Waals surface area contributed by atoms with Crippen molar-refractivity contribution in [3.8, 4) is 0 Å². The second-order valence-corrected chi connectivity index (χ2v) is 3.83. The molecule has 0 aliphatic rings. The van der Waals surface area contributed by atoms with E-state index in [-0.39, 0.29) is 5.41 Å². The highest BCUT2D eigenvalue weighted by Crippen LogP contribution is 2.18. The van der Waals surface area contributed by atoms with Gasteiger partial charge in [0.15, 0.2) is 0 Å². The van der Waals surface area contributed by atoms with E-state index in [4.69, 9.17) is 5.11 Å². The molecule has 0 heterocycles. The summed E-state index contributed by atoms with van der Waals surface area (Å²) in [6.45, 7) is 9.71. The molecule has 12 heavy (non-hydrogen) atoms. The molecule has 1 unspecified atom stereocenters. The highest BCUT2D eigenvalue weighted by atomic mass is 16.4. The van der Waals surface area contributed by atoms with Gasteiger partial charge >= 0.3 is 5.97 Å². The molecule has 0 amide bonds. The van der Waals surface area contributed by atoms with Gasteiger partial charge in [0.1, 0.15) is 6.04 Å². The van der Waals surface area contributed by atoms with Crippen LogP contribution >= 0.6 is 0 Å². The first-order valence-electron chi connectivity index (χ1n) is 3.96. The number of carboxylic acids is 1. The molecule has 0 aliphatic carbocycles. The Bertz CT molecular complexity index is 170. The van der Waals surface area contributed by atoms with E-state index in [0.717, 1.165) is 0 Å². The van der Waals surface area contributed by atoms with Crippen LogP contribution in [0, 0.1) is 5.41 Å². The minimum Gasteiger partial charge on any atom is -0.480 e. The second kappa shape index (κ2) is 4.26. The van der Waals surface area contributed by atoms with Crippen molar-refractivity contribution in [3.05, 3.63) is 12.7 Å². The Balaban J connectivity index is 4.24. The molecule has 2 N–H and O–H groups in total. The summed E-state index contributed by atoms with van der Waals surface area (Å²) in [7, 11) is 0. The van der Waals surface area contributed by atoms with Crippen LogP contribution in [0.3, 0.4) is 0 Å². The summed E-state index contributed by atoms with van der Waals surface area (Å²) in [5.74, 6) is -0.815. The molecule has 1 atom stereocenters. The second-order valence-electron chi connectivity index (χ2n) is 3.83. The van der Waals surface area contributed by atoms with Gasteiger partial charge in [-0.15, -0.1) is 6.58 Å². The number of carboxylic acid groups (broad SMARTS) is 1. The molecule has 0 aromatic rings. The maximum atomic E-state index is 10.8. The normalized spacial score (nSPS) is 13.9. The third-order valence-corrected chi connectivity index (χ3v) is 1.58. The van der Waals surface area contributed by atoms with Crippen LogP contribution in [0.15, 0.2) is 12.7 Å². The first kappa shape index (κ1) is 11.2. The summed E-state index contributed by atoms with van der Waals surface area (Å²) in [6, 6.07) is -0.518. The van der Waals surface area contributed by atoms with Gasteiger partial charge in [-0.2, -0.15) is 0 Å². The predicted octanol–water partition coefficient (Wildman–Crippen LogP) is 1.26. The number of hydrogen-bond donors (Lipinski definition) is 2. The lowest BCUT2D eigenvalue weighted by Crippen LogP contribution is -2.46. The van der Waals surface area contributed by atoms with E-state index < -0.39 is 12.0 Å². The van der Waals surface area contributed by atoms with E-state index in [2.05, 4.69) is 11.9 Å². The van der Waals surface area contributed by atoms with Gasteiger partial charge in [-0.1, -0.05) is 26.8 Å². The van der Waals surface area contributed by atoms with Gasteiger partial charge in [0.05, 0.1) is 0 Å². The molecule has 0 aromatic heterocycles. The monoisotopic (exact) mass is 171 g/mol. The highest BCUT2D eigenvalue weighted by Gasteiger charge is 2.29. The van der Waals surface area contributed by atoms with E-state index in [0.29, 0.717) is 6.54 Å². The fourth-order valence-corrected chi connectivity index (χ4v) is 0.965. The third kappa shape index (κ3) is 3.53. The summed E-state index contributed by atoms with van der Waals surface area (Å²) in [6.07, 6.45) is 1.65. The van der Waals surface area contributed by atoms with Gasteiger partial charge in [-0.3, -0.25) is 4.79 Å². The summed E-state index contributed by atoms with van der Waals surface area (Å²) in [4.78, 5) is 10.8. The number of nitrogens with one attached hydrogen (secondary N) is 1. The van der Waals surface area contributed by atoms with Crippen molar-refractivity contribution in [3.63, 3.8) is 0 Å². The summed E-state index contributed by atoms with van der Waals surface area (Å²) in [5, 5.41) is 11.7. The largest absolute Gasteiger partial charge is 0.480 e. The number of aliphatic carboxylic acids is 1. The molecule has 0 bridgehead atoms.